The van der Waals surface area contributed by atoms with Gasteiger partial charge in [0.1, 0.15) is 16.5 Å². The molecule has 2 aromatic rings. The molecule has 3 rings (SSSR count). The van der Waals surface area contributed by atoms with E-state index in [1.165, 1.54) is 0 Å². The van der Waals surface area contributed by atoms with Gasteiger partial charge >= 0.3 is 0 Å². The van der Waals surface area contributed by atoms with Crippen LogP contribution in [0.2, 0.25) is 0 Å². The van der Waals surface area contributed by atoms with Crippen molar-refractivity contribution >= 4 is 15.5 Å². The maximum Gasteiger partial charge on any atom is 0.184 e. The normalized spacial score (nSPS) is 17.1. The van der Waals surface area contributed by atoms with Gasteiger partial charge in [-0.1, -0.05) is 24.3 Å². The average molecular weight is 309 g/mol. The quantitative estimate of drug-likeness (QED) is 0.887. The number of nitrogen functional groups attached to an aromatic ring is 1. The summed E-state index contributed by atoms with van der Waals surface area (Å²) in [7, 11) is -4.05. The van der Waals surface area contributed by atoms with Crippen molar-refractivity contribution < 1.29 is 17.2 Å². The molecule has 2 aromatic carbocycles. The van der Waals surface area contributed by atoms with E-state index in [2.05, 4.69) is 0 Å². The summed E-state index contributed by atoms with van der Waals surface area (Å²) < 4.78 is 52.1. The topological polar surface area (TPSA) is 60.2 Å². The van der Waals surface area contributed by atoms with E-state index >= 15 is 0 Å². The largest absolute Gasteiger partial charge is 0.399 e. The first-order chi connectivity index (χ1) is 9.88. The Bertz CT molecular complexity index is 795. The van der Waals surface area contributed by atoms with Crippen LogP contribution in [0.25, 0.3) is 0 Å². The van der Waals surface area contributed by atoms with Gasteiger partial charge in [-0.3, -0.25) is 0 Å². The molecule has 0 spiro atoms. The molecule has 0 amide bonds. The monoisotopic (exact) mass is 309 g/mol. The van der Waals surface area contributed by atoms with Gasteiger partial charge in [-0.25, -0.2) is 17.2 Å². The smallest absolute Gasteiger partial charge is 0.184 e. The van der Waals surface area contributed by atoms with E-state index in [4.69, 9.17) is 5.73 Å². The van der Waals surface area contributed by atoms with E-state index in [0.717, 1.165) is 23.3 Å². The van der Waals surface area contributed by atoms with Gasteiger partial charge in [0.05, 0.1) is 5.75 Å². The number of fused-ring (bicyclic) bond motifs is 1. The molecule has 6 heteroatoms. The van der Waals surface area contributed by atoms with E-state index in [9.17, 15) is 17.2 Å². The van der Waals surface area contributed by atoms with Gasteiger partial charge in [0.25, 0.3) is 0 Å². The minimum Gasteiger partial charge on any atom is -0.399 e. The van der Waals surface area contributed by atoms with Crippen LogP contribution in [-0.2, 0) is 16.3 Å². The third kappa shape index (κ3) is 2.40. The Hall–Kier alpha value is -1.95. The number of hydrogen-bond acceptors (Lipinski definition) is 3. The number of sulfone groups is 1. The number of hydrogen-bond donors (Lipinski definition) is 1. The van der Waals surface area contributed by atoms with E-state index in [0.29, 0.717) is 6.42 Å². The lowest BCUT2D eigenvalue weighted by Crippen LogP contribution is -2.26. The van der Waals surface area contributed by atoms with Crippen LogP contribution in [0.3, 0.4) is 0 Å². The van der Waals surface area contributed by atoms with E-state index in [1.54, 1.807) is 0 Å². The van der Waals surface area contributed by atoms with E-state index < -0.39 is 26.4 Å². The number of rotatable bonds is 3. The number of halogens is 2. The fraction of sp³-hybridized carbons (Fsp3) is 0.200. The van der Waals surface area contributed by atoms with Crippen molar-refractivity contribution in [3.63, 3.8) is 0 Å². The lowest BCUT2D eigenvalue weighted by Gasteiger charge is -2.29. The molecule has 0 bridgehead atoms. The average Bonchev–Trinajstić information content (AvgIpc) is 2.34. The molecule has 0 saturated heterocycles. The molecule has 0 heterocycles. The zero-order valence-electron chi connectivity index (χ0n) is 11.0. The van der Waals surface area contributed by atoms with Crippen molar-refractivity contribution in [3.05, 3.63) is 59.2 Å². The number of nitrogens with two attached hydrogens (primary N) is 1. The predicted octanol–water partition coefficient (Wildman–Crippen LogP) is 2.66. The summed E-state index contributed by atoms with van der Waals surface area (Å²) >= 11 is 0. The molecule has 1 aliphatic carbocycles. The lowest BCUT2D eigenvalue weighted by molar-refractivity contribution is 0.515. The predicted molar refractivity (Wildman–Crippen MR) is 75.7 cm³/mol. The lowest BCUT2D eigenvalue weighted by atomic mass is 9.79. The Morgan fingerprint density at radius 1 is 1.14 bits per heavy atom. The summed E-state index contributed by atoms with van der Waals surface area (Å²) in [5, 5.41) is 0. The Morgan fingerprint density at radius 2 is 1.76 bits per heavy atom. The minimum absolute atomic E-state index is 0.141. The Labute approximate surface area is 121 Å². The first-order valence-electron chi connectivity index (χ1n) is 6.43. The minimum atomic E-state index is -4.05. The molecule has 0 fully saturated rings. The second-order valence-electron chi connectivity index (χ2n) is 5.19. The Kier molecular flexibility index (Phi) is 3.20. The molecule has 2 N–H and O–H groups in total. The van der Waals surface area contributed by atoms with Gasteiger partial charge < -0.3 is 5.73 Å². The van der Waals surface area contributed by atoms with E-state index in [1.807, 2.05) is 24.3 Å². The molecular formula is C15H13F2NO2S. The van der Waals surface area contributed by atoms with Gasteiger partial charge in [-0.15, -0.1) is 0 Å². The summed E-state index contributed by atoms with van der Waals surface area (Å²) in [5.74, 6) is -2.80. The fourth-order valence-corrected chi connectivity index (χ4v) is 4.44. The summed E-state index contributed by atoms with van der Waals surface area (Å²) in [5.41, 5.74) is 7.17. The molecule has 1 atom stereocenters. The van der Waals surface area contributed by atoms with Crippen molar-refractivity contribution in [1.82, 2.24) is 0 Å². The van der Waals surface area contributed by atoms with Gasteiger partial charge in [-0.05, 0) is 29.7 Å². The van der Waals surface area contributed by atoms with Crippen molar-refractivity contribution in [3.8, 4) is 0 Å². The molecule has 0 aliphatic heterocycles. The third-order valence-electron chi connectivity index (χ3n) is 3.71. The summed E-state index contributed by atoms with van der Waals surface area (Å²) in [4.78, 5) is -0.888. The summed E-state index contributed by atoms with van der Waals surface area (Å²) in [6.45, 7) is 0. The highest BCUT2D eigenvalue weighted by atomic mass is 32.2. The number of benzene rings is 2. The van der Waals surface area contributed by atoms with Crippen LogP contribution in [0, 0.1) is 11.6 Å². The maximum atomic E-state index is 13.8. The first kappa shape index (κ1) is 14.0. The van der Waals surface area contributed by atoms with E-state index in [-0.39, 0.29) is 17.4 Å². The van der Waals surface area contributed by atoms with Gasteiger partial charge in [0.15, 0.2) is 9.84 Å². The Balaban J connectivity index is 1.93. The van der Waals surface area contributed by atoms with Gasteiger partial charge in [0, 0.05) is 11.6 Å². The van der Waals surface area contributed by atoms with Crippen molar-refractivity contribution in [1.29, 1.82) is 0 Å². The second-order valence-corrected chi connectivity index (χ2v) is 7.17. The van der Waals surface area contributed by atoms with Crippen molar-refractivity contribution in [2.45, 2.75) is 17.2 Å². The van der Waals surface area contributed by atoms with Gasteiger partial charge in [-0.2, -0.15) is 0 Å². The zero-order chi connectivity index (χ0) is 15.2. The highest BCUT2D eigenvalue weighted by Crippen LogP contribution is 2.37. The molecule has 0 saturated carbocycles. The highest BCUT2D eigenvalue weighted by Gasteiger charge is 2.33. The third-order valence-corrected chi connectivity index (χ3v) is 5.57. The summed E-state index contributed by atoms with van der Waals surface area (Å²) in [6, 6.07) is 9.11. The van der Waals surface area contributed by atoms with Crippen molar-refractivity contribution in [2.24, 2.45) is 0 Å². The molecule has 0 aromatic heterocycles. The molecule has 21 heavy (non-hydrogen) atoms. The molecule has 1 aliphatic rings. The molecule has 0 radical (unpaired) electrons. The summed E-state index contributed by atoms with van der Waals surface area (Å²) in [6.07, 6.45) is 0.605. The Morgan fingerprint density at radius 3 is 2.38 bits per heavy atom. The van der Waals surface area contributed by atoms with Crippen LogP contribution in [0.15, 0.2) is 41.3 Å². The SMILES string of the molecule is Nc1cc(F)c(S(=O)(=O)CC2Cc3ccccc32)c(F)c1. The van der Waals surface area contributed by atoms with Crippen LogP contribution >= 0.6 is 0 Å². The van der Waals surface area contributed by atoms with Crippen LogP contribution in [0.5, 0.6) is 0 Å². The second kappa shape index (κ2) is 4.80. The molecule has 110 valence electrons. The van der Waals surface area contributed by atoms with Gasteiger partial charge in [0.2, 0.25) is 0 Å². The van der Waals surface area contributed by atoms with Crippen LogP contribution in [-0.4, -0.2) is 14.2 Å². The molecule has 1 unspecified atom stereocenters. The standard InChI is InChI=1S/C15H13F2NO2S/c16-13-6-11(18)7-14(17)15(13)21(19,20)8-10-5-9-3-1-2-4-12(9)10/h1-4,6-7,10H,5,8,18H2. The fourth-order valence-electron chi connectivity index (χ4n) is 2.74. The maximum absolute atomic E-state index is 13.8. The van der Waals surface area contributed by atoms with Crippen LogP contribution in [0.4, 0.5) is 14.5 Å². The van der Waals surface area contributed by atoms with Crippen LogP contribution in [0.1, 0.15) is 17.0 Å². The zero-order valence-corrected chi connectivity index (χ0v) is 11.8. The highest BCUT2D eigenvalue weighted by molar-refractivity contribution is 7.91. The first-order valence-corrected chi connectivity index (χ1v) is 8.09. The number of anilines is 1. The van der Waals surface area contributed by atoms with Crippen molar-refractivity contribution in [2.75, 3.05) is 11.5 Å². The van der Waals surface area contributed by atoms with Crippen LogP contribution < -0.4 is 5.73 Å². The molecular weight excluding hydrogens is 296 g/mol. The molecule has 3 nitrogen and oxygen atoms in total.